The summed E-state index contributed by atoms with van der Waals surface area (Å²) in [7, 11) is 0. The monoisotopic (exact) mass is 257 g/mol. The second-order valence-electron chi connectivity index (χ2n) is 5.33. The highest BCUT2D eigenvalue weighted by molar-refractivity contribution is 5.43. The van der Waals surface area contributed by atoms with Crippen LogP contribution >= 0.6 is 0 Å². The third kappa shape index (κ3) is 2.19. The van der Waals surface area contributed by atoms with E-state index in [1.54, 1.807) is 13.0 Å². The van der Waals surface area contributed by atoms with Gasteiger partial charge >= 0.3 is 6.18 Å². The molecule has 0 saturated carbocycles. The van der Waals surface area contributed by atoms with Crippen molar-refractivity contribution in [2.24, 2.45) is 0 Å². The zero-order chi connectivity index (χ0) is 13.7. The van der Waals surface area contributed by atoms with Crippen LogP contribution in [0.5, 0.6) is 0 Å². The summed E-state index contributed by atoms with van der Waals surface area (Å²) in [6.07, 6.45) is -4.44. The van der Waals surface area contributed by atoms with Crippen LogP contribution in [-0.2, 0) is 11.6 Å². The van der Waals surface area contributed by atoms with Crippen molar-refractivity contribution in [3.8, 4) is 0 Å². The Labute approximate surface area is 103 Å². The Hall–Kier alpha value is -1.59. The highest BCUT2D eigenvalue weighted by Crippen LogP contribution is 2.32. The van der Waals surface area contributed by atoms with Gasteiger partial charge in [-0.15, -0.1) is 0 Å². The van der Waals surface area contributed by atoms with Gasteiger partial charge in [0, 0.05) is 11.5 Å². The quantitative estimate of drug-likeness (QED) is 0.724. The summed E-state index contributed by atoms with van der Waals surface area (Å²) in [5, 5.41) is 3.84. The van der Waals surface area contributed by atoms with Crippen LogP contribution < -0.4 is 0 Å². The zero-order valence-corrected chi connectivity index (χ0v) is 10.6. The first-order chi connectivity index (χ1) is 8.09. The van der Waals surface area contributed by atoms with Crippen LogP contribution in [0.1, 0.15) is 37.9 Å². The summed E-state index contributed by atoms with van der Waals surface area (Å²) < 4.78 is 39.9. The van der Waals surface area contributed by atoms with Gasteiger partial charge < -0.3 is 0 Å². The Morgan fingerprint density at radius 1 is 1.11 bits per heavy atom. The van der Waals surface area contributed by atoms with Crippen molar-refractivity contribution in [1.29, 1.82) is 0 Å². The van der Waals surface area contributed by atoms with E-state index in [0.29, 0.717) is 11.4 Å². The van der Waals surface area contributed by atoms with E-state index in [9.17, 15) is 13.2 Å². The zero-order valence-electron chi connectivity index (χ0n) is 10.6. The SMILES string of the molecule is Cc1cc2nc(C(C)(C)C)cc(C(F)(F)F)n2n1. The average molecular weight is 257 g/mol. The van der Waals surface area contributed by atoms with Crippen LogP contribution in [0.2, 0.25) is 0 Å². The van der Waals surface area contributed by atoms with E-state index in [1.165, 1.54) is 0 Å². The van der Waals surface area contributed by atoms with E-state index in [2.05, 4.69) is 10.1 Å². The van der Waals surface area contributed by atoms with E-state index < -0.39 is 17.3 Å². The molecule has 2 aromatic heterocycles. The predicted octanol–water partition coefficient (Wildman–Crippen LogP) is 3.35. The lowest BCUT2D eigenvalue weighted by molar-refractivity contribution is -0.142. The minimum absolute atomic E-state index is 0.229. The van der Waals surface area contributed by atoms with E-state index >= 15 is 0 Å². The minimum atomic E-state index is -4.44. The highest BCUT2D eigenvalue weighted by atomic mass is 19.4. The number of halogens is 3. The van der Waals surface area contributed by atoms with Gasteiger partial charge in [-0.1, -0.05) is 20.8 Å². The first-order valence-electron chi connectivity index (χ1n) is 5.54. The summed E-state index contributed by atoms with van der Waals surface area (Å²) in [6, 6.07) is 2.62. The number of hydrogen-bond donors (Lipinski definition) is 0. The summed E-state index contributed by atoms with van der Waals surface area (Å²) in [4.78, 5) is 4.24. The molecule has 0 spiro atoms. The molecule has 0 aliphatic rings. The fraction of sp³-hybridized carbons (Fsp3) is 0.500. The van der Waals surface area contributed by atoms with Crippen LogP contribution in [-0.4, -0.2) is 14.6 Å². The molecule has 6 heteroatoms. The van der Waals surface area contributed by atoms with Crippen molar-refractivity contribution in [3.05, 3.63) is 29.2 Å². The van der Waals surface area contributed by atoms with Crippen molar-refractivity contribution in [2.75, 3.05) is 0 Å². The Bertz CT molecular complexity index is 591. The van der Waals surface area contributed by atoms with Gasteiger partial charge in [0.1, 0.15) is 5.69 Å². The molecule has 2 aromatic rings. The molecule has 0 unspecified atom stereocenters. The largest absolute Gasteiger partial charge is 0.433 e. The maximum atomic E-state index is 13.0. The van der Waals surface area contributed by atoms with Gasteiger partial charge in [0.25, 0.3) is 0 Å². The molecule has 2 rings (SSSR count). The van der Waals surface area contributed by atoms with Crippen molar-refractivity contribution in [3.63, 3.8) is 0 Å². The smallest absolute Gasteiger partial charge is 0.233 e. The minimum Gasteiger partial charge on any atom is -0.233 e. The number of alkyl halides is 3. The molecule has 18 heavy (non-hydrogen) atoms. The van der Waals surface area contributed by atoms with Crippen LogP contribution in [0.15, 0.2) is 12.1 Å². The molecule has 3 nitrogen and oxygen atoms in total. The van der Waals surface area contributed by atoms with Crippen molar-refractivity contribution in [2.45, 2.75) is 39.3 Å². The standard InChI is InChI=1S/C12H14F3N3/c1-7-5-10-16-8(11(2,3)4)6-9(12(13,14)15)18(10)17-7/h5-6H,1-4H3. The molecule has 0 atom stereocenters. The molecule has 0 amide bonds. The Balaban J connectivity index is 2.81. The van der Waals surface area contributed by atoms with Gasteiger partial charge in [-0.05, 0) is 13.0 Å². The summed E-state index contributed by atoms with van der Waals surface area (Å²) in [6.45, 7) is 7.13. The molecule has 2 heterocycles. The van der Waals surface area contributed by atoms with E-state index in [4.69, 9.17) is 0 Å². The Morgan fingerprint density at radius 3 is 2.22 bits per heavy atom. The van der Waals surface area contributed by atoms with Crippen LogP contribution in [0.3, 0.4) is 0 Å². The van der Waals surface area contributed by atoms with Gasteiger partial charge in [-0.2, -0.15) is 18.3 Å². The second-order valence-corrected chi connectivity index (χ2v) is 5.33. The maximum Gasteiger partial charge on any atom is 0.433 e. The number of aryl methyl sites for hydroxylation is 1. The number of aromatic nitrogens is 3. The molecular weight excluding hydrogens is 243 g/mol. The van der Waals surface area contributed by atoms with E-state index in [1.807, 2.05) is 20.8 Å². The van der Waals surface area contributed by atoms with Gasteiger partial charge in [-0.25, -0.2) is 9.50 Å². The highest BCUT2D eigenvalue weighted by Gasteiger charge is 2.36. The molecule has 0 radical (unpaired) electrons. The van der Waals surface area contributed by atoms with Crippen LogP contribution in [0.4, 0.5) is 13.2 Å². The Morgan fingerprint density at radius 2 is 1.72 bits per heavy atom. The molecule has 0 aliphatic heterocycles. The van der Waals surface area contributed by atoms with E-state index in [-0.39, 0.29) is 5.65 Å². The summed E-state index contributed by atoms with van der Waals surface area (Å²) in [5.41, 5.74) is -0.0843. The number of rotatable bonds is 0. The second kappa shape index (κ2) is 3.70. The van der Waals surface area contributed by atoms with Crippen molar-refractivity contribution >= 4 is 5.65 Å². The molecule has 0 bridgehead atoms. The third-order valence-corrected chi connectivity index (χ3v) is 2.61. The van der Waals surface area contributed by atoms with Gasteiger partial charge in [0.2, 0.25) is 0 Å². The first-order valence-corrected chi connectivity index (χ1v) is 5.54. The fourth-order valence-corrected chi connectivity index (χ4v) is 1.68. The van der Waals surface area contributed by atoms with Gasteiger partial charge in [0.15, 0.2) is 5.65 Å². The van der Waals surface area contributed by atoms with Crippen molar-refractivity contribution < 1.29 is 13.2 Å². The molecule has 0 N–H and O–H groups in total. The average Bonchev–Trinajstić information content (AvgIpc) is 2.52. The lowest BCUT2D eigenvalue weighted by atomic mass is 9.91. The van der Waals surface area contributed by atoms with Gasteiger partial charge in [-0.3, -0.25) is 0 Å². The Kier molecular flexibility index (Phi) is 2.64. The molecule has 98 valence electrons. The maximum absolute atomic E-state index is 13.0. The number of hydrogen-bond acceptors (Lipinski definition) is 2. The third-order valence-electron chi connectivity index (χ3n) is 2.61. The number of fused-ring (bicyclic) bond motifs is 1. The van der Waals surface area contributed by atoms with Crippen LogP contribution in [0.25, 0.3) is 5.65 Å². The fourth-order valence-electron chi connectivity index (χ4n) is 1.68. The number of nitrogens with zero attached hydrogens (tertiary/aromatic N) is 3. The molecule has 0 fully saturated rings. The molecular formula is C12H14F3N3. The van der Waals surface area contributed by atoms with Crippen LogP contribution in [0, 0.1) is 6.92 Å². The molecule has 0 aliphatic carbocycles. The topological polar surface area (TPSA) is 30.2 Å². The summed E-state index contributed by atoms with van der Waals surface area (Å²) in [5.74, 6) is 0. The first kappa shape index (κ1) is 12.9. The molecule has 0 aromatic carbocycles. The van der Waals surface area contributed by atoms with Gasteiger partial charge in [0.05, 0.1) is 11.4 Å². The normalized spacial score (nSPS) is 13.3. The summed E-state index contributed by atoms with van der Waals surface area (Å²) >= 11 is 0. The van der Waals surface area contributed by atoms with E-state index in [0.717, 1.165) is 10.6 Å². The predicted molar refractivity (Wildman–Crippen MR) is 61.4 cm³/mol. The molecule has 0 saturated heterocycles. The lowest BCUT2D eigenvalue weighted by Gasteiger charge is -2.19. The lowest BCUT2D eigenvalue weighted by Crippen LogP contribution is -2.19. The van der Waals surface area contributed by atoms with Crippen molar-refractivity contribution in [1.82, 2.24) is 14.6 Å².